The van der Waals surface area contributed by atoms with E-state index >= 15 is 0 Å². The smallest absolute Gasteiger partial charge is 0.0351 e. The highest BCUT2D eigenvalue weighted by molar-refractivity contribution is 5.98. The van der Waals surface area contributed by atoms with Crippen LogP contribution in [0.15, 0.2) is 23.8 Å². The fourth-order valence-corrected chi connectivity index (χ4v) is 1.01. The van der Waals surface area contributed by atoms with E-state index < -0.39 is 0 Å². The lowest BCUT2D eigenvalue weighted by atomic mass is 9.97. The van der Waals surface area contributed by atoms with Gasteiger partial charge in [0.05, 0.1) is 0 Å². The van der Waals surface area contributed by atoms with Gasteiger partial charge in [-0.3, -0.25) is 0 Å². The first-order valence-corrected chi connectivity index (χ1v) is 3.64. The Hall–Kier alpha value is -0.850. The third kappa shape index (κ3) is 1.56. The Morgan fingerprint density at radius 1 is 1.70 bits per heavy atom. The van der Waals surface area contributed by atoms with E-state index in [1.165, 1.54) is 0 Å². The molecule has 1 heteroatoms. The summed E-state index contributed by atoms with van der Waals surface area (Å²) in [6.07, 6.45) is 7.42. The highest BCUT2D eigenvalue weighted by Gasteiger charge is 2.03. The molecule has 54 valence electrons. The topological polar surface area (TPSA) is 23.9 Å². The van der Waals surface area contributed by atoms with Crippen molar-refractivity contribution in [3.8, 4) is 0 Å². The minimum atomic E-state index is 0.656. The van der Waals surface area contributed by atoms with Crippen molar-refractivity contribution in [2.24, 2.45) is 5.92 Å². The van der Waals surface area contributed by atoms with E-state index in [1.807, 2.05) is 13.0 Å². The molecule has 0 aromatic heterocycles. The van der Waals surface area contributed by atoms with E-state index in [9.17, 15) is 0 Å². The Morgan fingerprint density at radius 3 is 2.80 bits per heavy atom. The van der Waals surface area contributed by atoms with Gasteiger partial charge in [0.2, 0.25) is 0 Å². The van der Waals surface area contributed by atoms with Gasteiger partial charge in [-0.2, -0.15) is 0 Å². The lowest BCUT2D eigenvalue weighted by molar-refractivity contribution is 0.734. The summed E-state index contributed by atoms with van der Waals surface area (Å²) in [5, 5.41) is 7.34. The van der Waals surface area contributed by atoms with E-state index in [-0.39, 0.29) is 0 Å². The van der Waals surface area contributed by atoms with Gasteiger partial charge in [0.25, 0.3) is 0 Å². The summed E-state index contributed by atoms with van der Waals surface area (Å²) in [7, 11) is 0. The number of rotatable bonds is 1. The largest absolute Gasteiger partial charge is 0.305 e. The second-order valence-electron chi connectivity index (χ2n) is 2.86. The first-order valence-electron chi connectivity index (χ1n) is 3.64. The fraction of sp³-hybridized carbons (Fsp3) is 0.444. The van der Waals surface area contributed by atoms with Gasteiger partial charge in [0.15, 0.2) is 0 Å². The third-order valence-corrected chi connectivity index (χ3v) is 1.75. The monoisotopic (exact) mass is 135 g/mol. The second kappa shape index (κ2) is 2.82. The molecule has 1 rings (SSSR count). The van der Waals surface area contributed by atoms with Crippen LogP contribution in [0.5, 0.6) is 0 Å². The first-order chi connectivity index (χ1) is 4.70. The molecule has 0 saturated carbocycles. The summed E-state index contributed by atoms with van der Waals surface area (Å²) < 4.78 is 0. The Bertz CT molecular complexity index is 199. The zero-order chi connectivity index (χ0) is 7.56. The highest BCUT2D eigenvalue weighted by Crippen LogP contribution is 2.15. The van der Waals surface area contributed by atoms with Crippen LogP contribution in [0.1, 0.15) is 20.3 Å². The maximum atomic E-state index is 7.34. The average Bonchev–Trinajstić information content (AvgIpc) is 1.88. The number of hydrogen-bond donors (Lipinski definition) is 1. The van der Waals surface area contributed by atoms with E-state index in [0.29, 0.717) is 11.6 Å². The summed E-state index contributed by atoms with van der Waals surface area (Å²) in [5.74, 6) is 0.656. The predicted molar refractivity (Wildman–Crippen MR) is 44.4 cm³/mol. The molecule has 0 bridgehead atoms. The molecule has 0 radical (unpaired) electrons. The molecule has 1 nitrogen and oxygen atoms in total. The summed E-state index contributed by atoms with van der Waals surface area (Å²) in [6.45, 7) is 4.01. The van der Waals surface area contributed by atoms with Crippen molar-refractivity contribution < 1.29 is 0 Å². The first kappa shape index (κ1) is 7.26. The maximum absolute atomic E-state index is 7.34. The SMILES string of the molecule is CC(=N)C1=CCC(C)C=C1. The predicted octanol–water partition coefficient (Wildman–Crippen LogP) is 2.55. The minimum Gasteiger partial charge on any atom is -0.305 e. The molecule has 1 aliphatic rings. The van der Waals surface area contributed by atoms with Crippen molar-refractivity contribution in [2.45, 2.75) is 20.3 Å². The lowest BCUT2D eigenvalue weighted by Gasteiger charge is -2.09. The van der Waals surface area contributed by atoms with Crippen LogP contribution >= 0.6 is 0 Å². The van der Waals surface area contributed by atoms with Crippen LogP contribution in [0.25, 0.3) is 0 Å². The van der Waals surface area contributed by atoms with Crippen LogP contribution in [0.4, 0.5) is 0 Å². The average molecular weight is 135 g/mol. The van der Waals surface area contributed by atoms with Gasteiger partial charge in [-0.05, 0) is 24.8 Å². The Morgan fingerprint density at radius 2 is 2.40 bits per heavy atom. The molecular formula is C9H13N. The molecule has 0 aromatic carbocycles. The summed E-state index contributed by atoms with van der Waals surface area (Å²) in [5.41, 5.74) is 1.75. The van der Waals surface area contributed by atoms with Gasteiger partial charge in [-0.15, -0.1) is 0 Å². The third-order valence-electron chi connectivity index (χ3n) is 1.75. The molecule has 1 aliphatic carbocycles. The molecule has 0 heterocycles. The van der Waals surface area contributed by atoms with Gasteiger partial charge < -0.3 is 5.41 Å². The Balaban J connectivity index is 2.67. The molecule has 1 N–H and O–H groups in total. The Labute approximate surface area is 62.0 Å². The zero-order valence-corrected chi connectivity index (χ0v) is 6.52. The van der Waals surface area contributed by atoms with E-state index in [0.717, 1.165) is 12.0 Å². The molecule has 0 amide bonds. The van der Waals surface area contributed by atoms with Crippen LogP contribution in [-0.2, 0) is 0 Å². The van der Waals surface area contributed by atoms with Crippen molar-refractivity contribution in [3.63, 3.8) is 0 Å². The van der Waals surface area contributed by atoms with Crippen LogP contribution in [-0.4, -0.2) is 5.71 Å². The van der Waals surface area contributed by atoms with Crippen molar-refractivity contribution >= 4 is 5.71 Å². The fourth-order valence-electron chi connectivity index (χ4n) is 1.01. The van der Waals surface area contributed by atoms with Gasteiger partial charge in [0, 0.05) is 5.71 Å². The number of nitrogens with one attached hydrogen (secondary N) is 1. The second-order valence-corrected chi connectivity index (χ2v) is 2.86. The molecule has 0 fully saturated rings. The van der Waals surface area contributed by atoms with Crippen molar-refractivity contribution in [1.82, 2.24) is 0 Å². The normalized spacial score (nSPS) is 24.2. The van der Waals surface area contributed by atoms with Gasteiger partial charge in [0.1, 0.15) is 0 Å². The maximum Gasteiger partial charge on any atom is 0.0351 e. The van der Waals surface area contributed by atoms with E-state index in [2.05, 4.69) is 19.1 Å². The summed E-state index contributed by atoms with van der Waals surface area (Å²) in [6, 6.07) is 0. The molecule has 0 aliphatic heterocycles. The van der Waals surface area contributed by atoms with Crippen LogP contribution in [0, 0.1) is 11.3 Å². The molecule has 0 aromatic rings. The van der Waals surface area contributed by atoms with Gasteiger partial charge in [-0.1, -0.05) is 25.2 Å². The molecule has 10 heavy (non-hydrogen) atoms. The zero-order valence-electron chi connectivity index (χ0n) is 6.52. The van der Waals surface area contributed by atoms with Crippen molar-refractivity contribution in [3.05, 3.63) is 23.8 Å². The van der Waals surface area contributed by atoms with Gasteiger partial charge in [-0.25, -0.2) is 0 Å². The van der Waals surface area contributed by atoms with Crippen molar-refractivity contribution in [2.75, 3.05) is 0 Å². The number of allylic oxidation sites excluding steroid dienone is 4. The molecule has 0 saturated heterocycles. The van der Waals surface area contributed by atoms with E-state index in [4.69, 9.17) is 5.41 Å². The molecule has 1 atom stereocenters. The summed E-state index contributed by atoms with van der Waals surface area (Å²) >= 11 is 0. The lowest BCUT2D eigenvalue weighted by Crippen LogP contribution is -1.99. The van der Waals surface area contributed by atoms with Crippen LogP contribution in [0.2, 0.25) is 0 Å². The minimum absolute atomic E-state index is 0.656. The summed E-state index contributed by atoms with van der Waals surface area (Å²) in [4.78, 5) is 0. The highest BCUT2D eigenvalue weighted by atomic mass is 14.4. The molecule has 0 spiro atoms. The molecule has 1 unspecified atom stereocenters. The molecular weight excluding hydrogens is 122 g/mol. The standard InChI is InChI=1S/C9H13N/c1-7-3-5-9(6-4-7)8(2)10/h3,5-7,10H,4H2,1-2H3. The van der Waals surface area contributed by atoms with Gasteiger partial charge >= 0.3 is 0 Å². The van der Waals surface area contributed by atoms with E-state index in [1.54, 1.807) is 0 Å². The van der Waals surface area contributed by atoms with Crippen molar-refractivity contribution in [1.29, 1.82) is 5.41 Å². The quantitative estimate of drug-likeness (QED) is 0.534. The van der Waals surface area contributed by atoms with Crippen LogP contribution in [0.3, 0.4) is 0 Å². The number of hydrogen-bond acceptors (Lipinski definition) is 1. The van der Waals surface area contributed by atoms with Crippen LogP contribution < -0.4 is 0 Å². The Kier molecular flexibility index (Phi) is 2.05.